The van der Waals surface area contributed by atoms with Crippen molar-refractivity contribution >= 4 is 25.2 Å². The van der Waals surface area contributed by atoms with Gasteiger partial charge in [0.15, 0.2) is 16.6 Å². The van der Waals surface area contributed by atoms with Crippen LogP contribution in [0.1, 0.15) is 85.9 Å². The van der Waals surface area contributed by atoms with E-state index in [9.17, 15) is 26.3 Å². The van der Waals surface area contributed by atoms with E-state index in [2.05, 4.69) is 67.0 Å². The Hall–Kier alpha value is -2.07. The van der Waals surface area contributed by atoms with E-state index >= 15 is 0 Å². The summed E-state index contributed by atoms with van der Waals surface area (Å²) in [6.07, 6.45) is -5.97. The molecule has 333 valence electrons. The Morgan fingerprint density at radius 1 is 0.483 bits per heavy atom. The van der Waals surface area contributed by atoms with Gasteiger partial charge in [0.1, 0.15) is 11.5 Å². The summed E-state index contributed by atoms with van der Waals surface area (Å²) in [6, 6.07) is 26.1. The van der Waals surface area contributed by atoms with Gasteiger partial charge < -0.3 is 13.0 Å². The van der Waals surface area contributed by atoms with Gasteiger partial charge in [-0.25, -0.2) is 0 Å². The molecule has 0 unspecified atom stereocenters. The first-order valence-electron chi connectivity index (χ1n) is 20.2. The summed E-state index contributed by atoms with van der Waals surface area (Å²) in [6.45, 7) is 27.2. The number of unbranched alkanes of at least 4 members (excludes halogenated alkanes) is 2. The van der Waals surface area contributed by atoms with E-state index in [1.54, 1.807) is 13.8 Å². The smallest absolute Gasteiger partial charge is 0.411 e. The number of aryl methyl sites for hydroxylation is 5. The number of alkyl halides is 6. The molecule has 0 aliphatic rings. The Kier molecular flexibility index (Phi) is 23.8. The topological polar surface area (TPSA) is 27.7 Å². The van der Waals surface area contributed by atoms with Crippen LogP contribution in [0, 0.1) is 34.6 Å². The second-order valence-electron chi connectivity index (χ2n) is 17.0. The third kappa shape index (κ3) is 18.0. The zero-order valence-corrected chi connectivity index (χ0v) is 43.3. The minimum atomic E-state index is -5.54. The molecule has 1 radical (unpaired) electrons. The van der Waals surface area contributed by atoms with Gasteiger partial charge in [0, 0.05) is 32.7 Å². The van der Waals surface area contributed by atoms with Crippen LogP contribution in [0.4, 0.5) is 26.3 Å². The first-order valence-corrected chi connectivity index (χ1v) is 29.2. The summed E-state index contributed by atoms with van der Waals surface area (Å²) in [5.74, 6) is 1.76. The molecule has 60 heavy (non-hydrogen) atoms. The minimum Gasteiger partial charge on any atom is -0.457 e. The molecule has 0 aliphatic heterocycles. The number of benzene rings is 4. The normalized spacial score (nSPS) is 12.2. The molecule has 0 saturated heterocycles. The van der Waals surface area contributed by atoms with E-state index in [4.69, 9.17) is 13.0 Å². The third-order valence-corrected chi connectivity index (χ3v) is 21.3. The Morgan fingerprint density at radius 2 is 0.817 bits per heavy atom. The molecular weight excluding hydrogens is 900 g/mol. The Bertz CT molecular complexity index is 1750. The predicted molar refractivity (Wildman–Crippen MR) is 243 cm³/mol. The monoisotopic (exact) mass is 969 g/mol. The van der Waals surface area contributed by atoms with E-state index in [1.165, 1.54) is 74.0 Å². The maximum absolute atomic E-state index is 13.9. The van der Waals surface area contributed by atoms with Crippen LogP contribution in [-0.2, 0) is 46.4 Å². The number of hydrogen-bond acceptors (Lipinski definition) is 3. The zero-order valence-electron chi connectivity index (χ0n) is 37.5. The molecule has 0 N–H and O–H groups in total. The van der Waals surface area contributed by atoms with Crippen LogP contribution in [0.2, 0.25) is 51.4 Å². The molecule has 4 aromatic carbocycles. The van der Waals surface area contributed by atoms with Crippen molar-refractivity contribution < 1.29 is 72.0 Å². The molecule has 0 bridgehead atoms. The number of ether oxygens (including phenoxy) is 1. The van der Waals surface area contributed by atoms with Crippen molar-refractivity contribution in [1.29, 1.82) is 0 Å². The van der Waals surface area contributed by atoms with Gasteiger partial charge in [-0.05, 0) is 133 Å². The van der Waals surface area contributed by atoms with Crippen molar-refractivity contribution in [3.8, 4) is 11.5 Å². The van der Waals surface area contributed by atoms with E-state index in [0.29, 0.717) is 16.7 Å². The molecule has 4 rings (SSSR count). The molecule has 3 nitrogen and oxygen atoms in total. The van der Waals surface area contributed by atoms with Crippen LogP contribution in [0.5, 0.6) is 11.5 Å². The van der Waals surface area contributed by atoms with Crippen molar-refractivity contribution in [1.82, 2.24) is 0 Å². The summed E-state index contributed by atoms with van der Waals surface area (Å²) in [5.41, 5.74) is -1.66. The summed E-state index contributed by atoms with van der Waals surface area (Å²) in [7, 11) is -5.01. The van der Waals surface area contributed by atoms with Gasteiger partial charge in [-0.1, -0.05) is 130 Å². The molecule has 13 heteroatoms. The van der Waals surface area contributed by atoms with Gasteiger partial charge in [-0.3, -0.25) is 0 Å². The molecule has 0 fully saturated rings. The van der Waals surface area contributed by atoms with Crippen LogP contribution in [0.15, 0.2) is 91.0 Å². The molecule has 0 saturated carbocycles. The fraction of sp³-hybridized carbons (Fsp3) is 0.489. The average molecular weight is 970 g/mol. The maximum atomic E-state index is 13.9. The van der Waals surface area contributed by atoms with Gasteiger partial charge in [-0.2, -0.15) is 26.3 Å². The van der Waals surface area contributed by atoms with Crippen molar-refractivity contribution in [3.63, 3.8) is 0 Å². The van der Waals surface area contributed by atoms with E-state index in [-0.39, 0.29) is 40.1 Å². The quantitative estimate of drug-likeness (QED) is 0.0931. The van der Waals surface area contributed by atoms with E-state index < -0.39 is 54.1 Å². The van der Waals surface area contributed by atoms with E-state index in [1.807, 2.05) is 48.5 Å². The van der Waals surface area contributed by atoms with Crippen LogP contribution in [0.25, 0.3) is 0 Å². The van der Waals surface area contributed by atoms with E-state index in [0.717, 1.165) is 35.8 Å². The number of hydrogen-bond donors (Lipinski definition) is 0. The summed E-state index contributed by atoms with van der Waals surface area (Å²) in [4.78, 5) is 0. The third-order valence-electron chi connectivity index (χ3n) is 9.86. The van der Waals surface area contributed by atoms with Crippen molar-refractivity contribution in [2.45, 2.75) is 151 Å². The summed E-state index contributed by atoms with van der Waals surface area (Å²) >= 11 is 0. The molecule has 0 atom stereocenters. The number of rotatable bonds is 14. The van der Waals surface area contributed by atoms with Gasteiger partial charge in [-0.15, -0.1) is 0 Å². The molecule has 0 aliphatic carbocycles. The SMILES string of the molecule is C.CCCC[Si](C)(C)O[Si](C)(C)O[Si](C)(C)CCCC.Cc1ccc(C(c2ccc(C)c(C)c2)(C(F)(F)F)C(F)(F)F)cc1.Cc1ccc(Oc2ccc(C)cc2)cc1.[Y]. The Balaban J connectivity index is 0.000000879. The first kappa shape index (κ1) is 57.9. The van der Waals surface area contributed by atoms with Gasteiger partial charge in [0.2, 0.25) is 5.41 Å². The second kappa shape index (κ2) is 24.7. The zero-order chi connectivity index (χ0) is 44.2. The molecule has 4 aromatic rings. The van der Waals surface area contributed by atoms with Crippen molar-refractivity contribution in [2.75, 3.05) is 0 Å². The fourth-order valence-corrected chi connectivity index (χ4v) is 21.2. The Morgan fingerprint density at radius 3 is 1.13 bits per heavy atom. The molecule has 0 spiro atoms. The fourth-order valence-electron chi connectivity index (χ4n) is 6.77. The standard InChI is InChI=1S/C18H16F6.C14H36O2Si3.C14H14O.CH4.Y/c1-11-4-7-14(8-5-11)16(17(19,20)21,18(22,23)24)15-9-6-12(2)13(3)10-15;1-9-11-13-17(3,4)15-19(7,8)16-18(5,6)14-12-10-2;1-11-3-7-13(8-4-11)15-14-9-5-12(2)6-10-14;;/h4-10H,1-3H3;9-14H2,1-8H3;3-10H,1-2H3;1H4;. The van der Waals surface area contributed by atoms with Crippen LogP contribution < -0.4 is 4.74 Å². The van der Waals surface area contributed by atoms with Crippen molar-refractivity contribution in [3.05, 3.63) is 130 Å². The molecule has 0 aromatic heterocycles. The minimum absolute atomic E-state index is 0. The number of halogens is 6. The predicted octanol–water partition coefficient (Wildman–Crippen LogP) is 16.5. The van der Waals surface area contributed by atoms with Gasteiger partial charge in [0.25, 0.3) is 0 Å². The van der Waals surface area contributed by atoms with Crippen LogP contribution in [-0.4, -0.2) is 37.5 Å². The average Bonchev–Trinajstić information content (AvgIpc) is 3.09. The molecular formula is C47H70F6O3Si3Y. The Labute approximate surface area is 386 Å². The summed E-state index contributed by atoms with van der Waals surface area (Å²) in [5, 5.41) is 0. The van der Waals surface area contributed by atoms with Gasteiger partial charge in [0.05, 0.1) is 0 Å². The van der Waals surface area contributed by atoms with Gasteiger partial charge >= 0.3 is 20.9 Å². The van der Waals surface area contributed by atoms with Crippen molar-refractivity contribution in [2.24, 2.45) is 0 Å². The largest absolute Gasteiger partial charge is 0.457 e. The summed E-state index contributed by atoms with van der Waals surface area (Å²) < 4.78 is 102. The molecule has 0 amide bonds. The molecule has 0 heterocycles. The second-order valence-corrected chi connectivity index (χ2v) is 29.4. The first-order chi connectivity index (χ1) is 26.7. The maximum Gasteiger partial charge on any atom is 0.411 e. The van der Waals surface area contributed by atoms with Crippen LogP contribution >= 0.6 is 0 Å². The van der Waals surface area contributed by atoms with Crippen LogP contribution in [0.3, 0.4) is 0 Å².